The lowest BCUT2D eigenvalue weighted by Crippen LogP contribution is -2.10. The average Bonchev–Trinajstić information content (AvgIpc) is 2.15. The highest BCUT2D eigenvalue weighted by Crippen LogP contribution is 2.11. The summed E-state index contributed by atoms with van der Waals surface area (Å²) >= 11 is 0. The highest BCUT2D eigenvalue weighted by molar-refractivity contribution is 5.73. The van der Waals surface area contributed by atoms with Gasteiger partial charge in [-0.2, -0.15) is 0 Å². The zero-order valence-electron chi connectivity index (χ0n) is 8.61. The molecule has 0 aliphatic heterocycles. The van der Waals surface area contributed by atoms with Crippen LogP contribution in [0.5, 0.6) is 0 Å². The maximum atomic E-state index is 10.5. The third-order valence-corrected chi connectivity index (χ3v) is 2.13. The highest BCUT2D eigenvalue weighted by Gasteiger charge is 2.12. The fraction of sp³-hybridized carbons (Fsp3) is 0.636. The summed E-state index contributed by atoms with van der Waals surface area (Å²) in [5, 5.41) is 17.0. The van der Waals surface area contributed by atoms with Crippen molar-refractivity contribution in [2.45, 2.75) is 38.5 Å². The molecular formula is C11H16O4. The standard InChI is InChI=1S/C11H16O4/c1-2-9(11(14)15)7-5-3-4-6-8-10(12)13/h1,9H,3-8H2,(H,12,13)(H,14,15). The molecule has 0 saturated heterocycles. The van der Waals surface area contributed by atoms with Gasteiger partial charge < -0.3 is 10.2 Å². The molecule has 4 heteroatoms. The van der Waals surface area contributed by atoms with Gasteiger partial charge in [-0.3, -0.25) is 9.59 Å². The number of carboxylic acid groups (broad SMARTS) is 2. The average molecular weight is 212 g/mol. The van der Waals surface area contributed by atoms with Crippen molar-refractivity contribution in [1.29, 1.82) is 0 Å². The van der Waals surface area contributed by atoms with Crippen LogP contribution in [0.4, 0.5) is 0 Å². The number of rotatable bonds is 8. The number of carbonyl (C=O) groups is 2. The summed E-state index contributed by atoms with van der Waals surface area (Å²) in [7, 11) is 0. The molecule has 0 aliphatic rings. The van der Waals surface area contributed by atoms with Crippen LogP contribution in [0, 0.1) is 18.3 Å². The van der Waals surface area contributed by atoms with Crippen LogP contribution in [0.2, 0.25) is 0 Å². The van der Waals surface area contributed by atoms with Crippen LogP contribution < -0.4 is 0 Å². The van der Waals surface area contributed by atoms with Crippen molar-refractivity contribution >= 4 is 11.9 Å². The molecule has 1 atom stereocenters. The lowest BCUT2D eigenvalue weighted by atomic mass is 10.0. The Hall–Kier alpha value is -1.50. The summed E-state index contributed by atoms with van der Waals surface area (Å²) in [6, 6.07) is 0. The number of aliphatic carboxylic acids is 2. The molecule has 0 aliphatic carbocycles. The van der Waals surface area contributed by atoms with Crippen molar-refractivity contribution in [3.8, 4) is 12.3 Å². The monoisotopic (exact) mass is 212 g/mol. The predicted molar refractivity (Wildman–Crippen MR) is 55.3 cm³/mol. The van der Waals surface area contributed by atoms with E-state index in [9.17, 15) is 9.59 Å². The molecule has 4 nitrogen and oxygen atoms in total. The van der Waals surface area contributed by atoms with E-state index in [4.69, 9.17) is 16.6 Å². The molecule has 2 N–H and O–H groups in total. The van der Waals surface area contributed by atoms with Gasteiger partial charge in [0.25, 0.3) is 0 Å². The number of hydrogen-bond donors (Lipinski definition) is 2. The largest absolute Gasteiger partial charge is 0.481 e. The molecule has 0 rings (SSSR count). The summed E-state index contributed by atoms with van der Waals surface area (Å²) in [6.07, 6.45) is 8.71. The first-order valence-electron chi connectivity index (χ1n) is 4.98. The van der Waals surface area contributed by atoms with Gasteiger partial charge in [0.15, 0.2) is 0 Å². The Morgan fingerprint density at radius 2 is 1.73 bits per heavy atom. The molecule has 0 aromatic heterocycles. The van der Waals surface area contributed by atoms with Crippen molar-refractivity contribution in [3.63, 3.8) is 0 Å². The van der Waals surface area contributed by atoms with Gasteiger partial charge in [0.05, 0.1) is 0 Å². The number of terminal acetylenes is 1. The second-order valence-electron chi connectivity index (χ2n) is 3.40. The molecule has 0 aromatic rings. The smallest absolute Gasteiger partial charge is 0.318 e. The van der Waals surface area contributed by atoms with Gasteiger partial charge in [-0.1, -0.05) is 25.2 Å². The minimum absolute atomic E-state index is 0.178. The van der Waals surface area contributed by atoms with Crippen molar-refractivity contribution < 1.29 is 19.8 Å². The van der Waals surface area contributed by atoms with Crippen LogP contribution >= 0.6 is 0 Å². The molecule has 0 spiro atoms. The first-order valence-corrected chi connectivity index (χ1v) is 4.98. The minimum Gasteiger partial charge on any atom is -0.481 e. The van der Waals surface area contributed by atoms with Crippen LogP contribution in [-0.4, -0.2) is 22.2 Å². The lowest BCUT2D eigenvalue weighted by molar-refractivity contribution is -0.140. The second kappa shape index (κ2) is 7.86. The molecular weight excluding hydrogens is 196 g/mol. The Labute approximate surface area is 89.3 Å². The van der Waals surface area contributed by atoms with Crippen LogP contribution in [0.25, 0.3) is 0 Å². The first kappa shape index (κ1) is 13.5. The number of unbranched alkanes of at least 4 members (excludes halogenated alkanes) is 3. The summed E-state index contributed by atoms with van der Waals surface area (Å²) in [6.45, 7) is 0. The third kappa shape index (κ3) is 7.56. The molecule has 0 amide bonds. The van der Waals surface area contributed by atoms with Crippen molar-refractivity contribution in [2.75, 3.05) is 0 Å². The Balaban J connectivity index is 3.42. The van der Waals surface area contributed by atoms with Crippen molar-refractivity contribution in [2.24, 2.45) is 5.92 Å². The van der Waals surface area contributed by atoms with E-state index in [1.54, 1.807) is 0 Å². The summed E-state index contributed by atoms with van der Waals surface area (Å²) in [4.78, 5) is 20.7. The van der Waals surface area contributed by atoms with Gasteiger partial charge in [0, 0.05) is 6.42 Å². The predicted octanol–water partition coefficient (Wildman–Crippen LogP) is 1.75. The van der Waals surface area contributed by atoms with Crippen molar-refractivity contribution in [1.82, 2.24) is 0 Å². The zero-order chi connectivity index (χ0) is 11.7. The van der Waals surface area contributed by atoms with Gasteiger partial charge in [0.2, 0.25) is 0 Å². The van der Waals surface area contributed by atoms with Crippen LogP contribution in [-0.2, 0) is 9.59 Å². The fourth-order valence-electron chi connectivity index (χ4n) is 1.26. The lowest BCUT2D eigenvalue weighted by Gasteiger charge is -2.04. The highest BCUT2D eigenvalue weighted by atomic mass is 16.4. The quantitative estimate of drug-likeness (QED) is 0.474. The minimum atomic E-state index is -0.956. The molecule has 1 unspecified atom stereocenters. The van der Waals surface area contributed by atoms with E-state index in [0.717, 1.165) is 19.3 Å². The molecule has 0 heterocycles. The SMILES string of the molecule is C#CC(CCCCCCC(=O)O)C(=O)O. The van der Waals surface area contributed by atoms with Gasteiger partial charge in [-0.15, -0.1) is 6.42 Å². The van der Waals surface area contributed by atoms with Gasteiger partial charge in [-0.25, -0.2) is 0 Å². The Kier molecular flexibility index (Phi) is 7.08. The van der Waals surface area contributed by atoms with E-state index < -0.39 is 17.9 Å². The first-order chi connectivity index (χ1) is 7.07. The molecule has 15 heavy (non-hydrogen) atoms. The Morgan fingerprint density at radius 1 is 1.13 bits per heavy atom. The maximum absolute atomic E-state index is 10.5. The third-order valence-electron chi connectivity index (χ3n) is 2.13. The van der Waals surface area contributed by atoms with Crippen LogP contribution in [0.1, 0.15) is 38.5 Å². The van der Waals surface area contributed by atoms with E-state index in [2.05, 4.69) is 5.92 Å². The molecule has 0 fully saturated rings. The fourth-order valence-corrected chi connectivity index (χ4v) is 1.26. The molecule has 0 saturated carbocycles. The second-order valence-corrected chi connectivity index (χ2v) is 3.40. The Bertz CT molecular complexity index is 252. The van der Waals surface area contributed by atoms with E-state index in [1.165, 1.54) is 0 Å². The van der Waals surface area contributed by atoms with Crippen LogP contribution in [0.15, 0.2) is 0 Å². The van der Waals surface area contributed by atoms with E-state index in [1.807, 2.05) is 0 Å². The van der Waals surface area contributed by atoms with Gasteiger partial charge in [0.1, 0.15) is 5.92 Å². The van der Waals surface area contributed by atoms with E-state index in [0.29, 0.717) is 12.8 Å². The van der Waals surface area contributed by atoms with Crippen molar-refractivity contribution in [3.05, 3.63) is 0 Å². The topological polar surface area (TPSA) is 74.6 Å². The van der Waals surface area contributed by atoms with E-state index in [-0.39, 0.29) is 6.42 Å². The maximum Gasteiger partial charge on any atom is 0.318 e. The summed E-state index contributed by atoms with van der Waals surface area (Å²) in [5.74, 6) is -0.233. The Morgan fingerprint density at radius 3 is 2.20 bits per heavy atom. The molecule has 0 aromatic carbocycles. The van der Waals surface area contributed by atoms with E-state index >= 15 is 0 Å². The van der Waals surface area contributed by atoms with Gasteiger partial charge >= 0.3 is 11.9 Å². The normalized spacial score (nSPS) is 11.7. The van der Waals surface area contributed by atoms with Crippen LogP contribution in [0.3, 0.4) is 0 Å². The molecule has 84 valence electrons. The zero-order valence-corrected chi connectivity index (χ0v) is 8.61. The summed E-state index contributed by atoms with van der Waals surface area (Å²) < 4.78 is 0. The summed E-state index contributed by atoms with van der Waals surface area (Å²) in [5.41, 5.74) is 0. The number of hydrogen-bond acceptors (Lipinski definition) is 2. The molecule has 0 radical (unpaired) electrons. The molecule has 0 bridgehead atoms. The number of carboxylic acids is 2. The van der Waals surface area contributed by atoms with Gasteiger partial charge in [-0.05, 0) is 12.8 Å².